The number of thioether (sulfide) groups is 1. The normalized spacial score (nSPS) is 15.8. The Morgan fingerprint density at radius 1 is 0.434 bits per heavy atom. The second-order valence-corrected chi connectivity index (χ2v) is 22.1. The molecule has 0 radical (unpaired) electrons. The Morgan fingerprint density at radius 2 is 0.763 bits per heavy atom. The van der Waals surface area contributed by atoms with E-state index in [0.29, 0.717) is 47.0 Å². The first-order chi connectivity index (χ1) is 36.9. The van der Waals surface area contributed by atoms with Crippen LogP contribution in [-0.4, -0.2) is 53.2 Å². The van der Waals surface area contributed by atoms with Gasteiger partial charge in [-0.1, -0.05) is 185 Å². The van der Waals surface area contributed by atoms with E-state index in [1.54, 1.807) is 124 Å². The predicted molar refractivity (Wildman–Crippen MR) is 308 cm³/mol. The molecule has 0 aromatic heterocycles. The fourth-order valence-corrected chi connectivity index (χ4v) is 11.3. The molecular formula is C65H90O10S. The van der Waals surface area contributed by atoms with E-state index in [9.17, 15) is 24.6 Å². The largest absolute Gasteiger partial charge is 0.494 e. The molecule has 0 fully saturated rings. The molecule has 0 saturated heterocycles. The molecule has 11 heteroatoms. The predicted octanol–water partition coefficient (Wildman–Crippen LogP) is 16.6. The number of esters is 3. The van der Waals surface area contributed by atoms with Crippen molar-refractivity contribution in [1.29, 1.82) is 0 Å². The highest BCUT2D eigenvalue weighted by atomic mass is 32.2. The van der Waals surface area contributed by atoms with Crippen molar-refractivity contribution in [3.8, 4) is 23.0 Å². The number of carbonyl (C=O) groups excluding carboxylic acids is 3. The topological polar surface area (TPSA) is 138 Å². The van der Waals surface area contributed by atoms with Gasteiger partial charge in [0.15, 0.2) is 0 Å². The highest BCUT2D eigenvalue weighted by molar-refractivity contribution is 8.04. The number of hydrogen-bond acceptors (Lipinski definition) is 11. The third-order valence-corrected chi connectivity index (χ3v) is 16.2. The molecule has 2 unspecified atom stereocenters. The maximum atomic E-state index is 13.2. The first-order valence-corrected chi connectivity index (χ1v) is 29.9. The Morgan fingerprint density at radius 3 is 1.12 bits per heavy atom. The van der Waals surface area contributed by atoms with Gasteiger partial charge in [0.2, 0.25) is 0 Å². The van der Waals surface area contributed by atoms with E-state index >= 15 is 0 Å². The van der Waals surface area contributed by atoms with Gasteiger partial charge in [0, 0.05) is 5.92 Å². The molecule has 0 spiro atoms. The van der Waals surface area contributed by atoms with Gasteiger partial charge in [-0.25, -0.2) is 14.4 Å². The summed E-state index contributed by atoms with van der Waals surface area (Å²) in [7, 11) is 0. The van der Waals surface area contributed by atoms with E-state index < -0.39 is 40.3 Å². The zero-order valence-electron chi connectivity index (χ0n) is 46.6. The Kier molecular flexibility index (Phi) is 27.6. The van der Waals surface area contributed by atoms with E-state index in [-0.39, 0.29) is 23.0 Å². The summed E-state index contributed by atoms with van der Waals surface area (Å²) < 4.78 is 28.7. The summed E-state index contributed by atoms with van der Waals surface area (Å²) in [5.41, 5.74) is -1.49. The average Bonchev–Trinajstić information content (AvgIpc) is 3.93. The quantitative estimate of drug-likeness (QED) is 0.0252. The first kappa shape index (κ1) is 61.7. The van der Waals surface area contributed by atoms with Crippen LogP contribution in [0.3, 0.4) is 0 Å². The van der Waals surface area contributed by atoms with Gasteiger partial charge in [0.1, 0.15) is 23.0 Å². The van der Waals surface area contributed by atoms with Gasteiger partial charge in [-0.15, -0.1) is 11.8 Å². The van der Waals surface area contributed by atoms with Crippen molar-refractivity contribution in [3.05, 3.63) is 130 Å². The number of benzene rings is 4. The number of aliphatic hydroxyl groups is 2. The first-order valence-electron chi connectivity index (χ1n) is 29.0. The summed E-state index contributed by atoms with van der Waals surface area (Å²) in [5.74, 6) is -0.406. The minimum Gasteiger partial charge on any atom is -0.494 e. The zero-order valence-corrected chi connectivity index (χ0v) is 47.4. The smallest absolute Gasteiger partial charge is 0.344 e. The van der Waals surface area contributed by atoms with Gasteiger partial charge < -0.3 is 33.9 Å². The standard InChI is InChI=1S/C65H90O10S/c1-6-9-11-13-15-17-19-21-23-25-27-29-47-72-54-39-31-50(32-40-54)61(66)74-56-43-35-52(36-44-56)64(4,69)58-49-59(63(68)71-8-3)76-60(58)65(5,70)53-37-45-57(46-38-53)75-62(67)51-33-41-55(42-34-51)73-48-30-28-26-24-22-20-18-16-14-12-10-7-2/h31-46,49,58,60,69-70H,6-30,47-48H2,1-5H3/t58-,60-,64?,65?/m0/s1. The SMILES string of the molecule is CCCCCCCCCCCCCCOc1ccc(C(=O)Oc2ccc(C(C)(O)[C@H]3C=C(C(=O)OCC)S[C@@H]3C(C)(O)c3ccc(OC(=O)c4ccc(OCCCCCCCCCCCCCC)cc4)cc3)cc2)cc1. The molecule has 0 amide bonds. The molecule has 1 aliphatic rings. The number of rotatable bonds is 38. The van der Waals surface area contributed by atoms with Crippen LogP contribution in [-0.2, 0) is 20.7 Å². The van der Waals surface area contributed by atoms with Crippen LogP contribution >= 0.6 is 11.8 Å². The van der Waals surface area contributed by atoms with Crippen LogP contribution in [0.25, 0.3) is 0 Å². The molecule has 1 aliphatic heterocycles. The molecular weight excluding hydrogens is 973 g/mol. The molecule has 0 aliphatic carbocycles. The number of hydrogen-bond donors (Lipinski definition) is 2. The van der Waals surface area contributed by atoms with Crippen molar-refractivity contribution < 1.29 is 48.3 Å². The lowest BCUT2D eigenvalue weighted by atomic mass is 9.74. The second-order valence-electron chi connectivity index (χ2n) is 21.0. The number of carbonyl (C=O) groups is 3. The Labute approximate surface area is 460 Å². The van der Waals surface area contributed by atoms with Gasteiger partial charge >= 0.3 is 17.9 Å². The molecule has 5 rings (SSSR count). The van der Waals surface area contributed by atoms with E-state index in [2.05, 4.69) is 13.8 Å². The molecule has 0 saturated carbocycles. The maximum absolute atomic E-state index is 13.2. The van der Waals surface area contributed by atoms with Crippen LogP contribution in [0.1, 0.15) is 221 Å². The molecule has 4 aromatic rings. The summed E-state index contributed by atoms with van der Waals surface area (Å²) >= 11 is 1.14. The Bertz CT molecular complexity index is 2300. The Balaban J connectivity index is 1.08. The maximum Gasteiger partial charge on any atom is 0.344 e. The zero-order chi connectivity index (χ0) is 54.4. The minimum atomic E-state index is -1.61. The number of unbranched alkanes of at least 4 members (excludes halogenated alkanes) is 22. The second kappa shape index (κ2) is 33.9. The summed E-state index contributed by atoms with van der Waals surface area (Å²) in [6, 6.07) is 27.0. The number of ether oxygens (including phenoxy) is 5. The van der Waals surface area contributed by atoms with E-state index in [1.807, 2.05) is 0 Å². The van der Waals surface area contributed by atoms with Gasteiger partial charge in [-0.3, -0.25) is 0 Å². The Hall–Kier alpha value is -5.10. The van der Waals surface area contributed by atoms with Crippen molar-refractivity contribution in [1.82, 2.24) is 0 Å². The van der Waals surface area contributed by atoms with E-state index in [1.165, 1.54) is 128 Å². The third kappa shape index (κ3) is 20.7. The van der Waals surface area contributed by atoms with Crippen molar-refractivity contribution in [2.45, 2.75) is 205 Å². The van der Waals surface area contributed by atoms with Crippen molar-refractivity contribution in [2.75, 3.05) is 19.8 Å². The van der Waals surface area contributed by atoms with Crippen LogP contribution in [0.5, 0.6) is 23.0 Å². The summed E-state index contributed by atoms with van der Waals surface area (Å²) in [6.07, 6.45) is 32.5. The summed E-state index contributed by atoms with van der Waals surface area (Å²) in [5, 5.41) is 23.9. The fraction of sp³-hybridized carbons (Fsp3) is 0.554. The van der Waals surface area contributed by atoms with Crippen LogP contribution in [0, 0.1) is 5.92 Å². The van der Waals surface area contributed by atoms with Crippen LogP contribution in [0.15, 0.2) is 108 Å². The van der Waals surface area contributed by atoms with Gasteiger partial charge in [0.05, 0.1) is 52.3 Å². The van der Waals surface area contributed by atoms with Crippen molar-refractivity contribution in [2.24, 2.45) is 5.92 Å². The summed E-state index contributed by atoms with van der Waals surface area (Å²) in [4.78, 5) is 39.7. The minimum absolute atomic E-state index is 0.161. The van der Waals surface area contributed by atoms with E-state index in [4.69, 9.17) is 23.7 Å². The van der Waals surface area contributed by atoms with Gasteiger partial charge in [0.25, 0.3) is 0 Å². The highest BCUT2D eigenvalue weighted by Crippen LogP contribution is 2.52. The average molecular weight is 1060 g/mol. The lowest BCUT2D eigenvalue weighted by Gasteiger charge is -2.40. The van der Waals surface area contributed by atoms with Crippen LogP contribution < -0.4 is 18.9 Å². The molecule has 4 atom stereocenters. The third-order valence-electron chi connectivity index (χ3n) is 14.6. The fourth-order valence-electron chi connectivity index (χ4n) is 9.79. The molecule has 1 heterocycles. The van der Waals surface area contributed by atoms with Crippen molar-refractivity contribution in [3.63, 3.8) is 0 Å². The lowest BCUT2D eigenvalue weighted by Crippen LogP contribution is -2.45. The van der Waals surface area contributed by atoms with Crippen LogP contribution in [0.4, 0.5) is 0 Å². The molecule has 2 N–H and O–H groups in total. The molecule has 4 aromatic carbocycles. The van der Waals surface area contributed by atoms with E-state index in [0.717, 1.165) is 37.4 Å². The van der Waals surface area contributed by atoms with Gasteiger partial charge in [-0.2, -0.15) is 0 Å². The lowest BCUT2D eigenvalue weighted by molar-refractivity contribution is -0.137. The van der Waals surface area contributed by atoms with Crippen LogP contribution in [0.2, 0.25) is 0 Å². The van der Waals surface area contributed by atoms with Gasteiger partial charge in [-0.05, 0) is 118 Å². The highest BCUT2D eigenvalue weighted by Gasteiger charge is 2.51. The molecule has 0 bridgehead atoms. The molecule has 76 heavy (non-hydrogen) atoms. The summed E-state index contributed by atoms with van der Waals surface area (Å²) in [6.45, 7) is 10.9. The monoisotopic (exact) mass is 1060 g/mol. The van der Waals surface area contributed by atoms with Crippen molar-refractivity contribution >= 4 is 29.7 Å². The molecule has 416 valence electrons. The molecule has 10 nitrogen and oxygen atoms in total.